The second kappa shape index (κ2) is 10.3. The van der Waals surface area contributed by atoms with E-state index in [0.29, 0.717) is 27.9 Å². The molecule has 0 saturated heterocycles. The minimum absolute atomic E-state index is 0.0927. The zero-order chi connectivity index (χ0) is 22.4. The Morgan fingerprint density at radius 3 is 2.10 bits per heavy atom. The predicted molar refractivity (Wildman–Crippen MR) is 128 cm³/mol. The van der Waals surface area contributed by atoms with Crippen LogP contribution in [0.5, 0.6) is 0 Å². The van der Waals surface area contributed by atoms with Crippen LogP contribution in [0.1, 0.15) is 48.2 Å². The van der Waals surface area contributed by atoms with E-state index in [1.807, 2.05) is 19.1 Å². The third kappa shape index (κ3) is 6.19. The Labute approximate surface area is 188 Å². The highest BCUT2D eigenvalue weighted by Crippen LogP contribution is 2.22. The molecule has 4 nitrogen and oxygen atoms in total. The lowest BCUT2D eigenvalue weighted by Crippen LogP contribution is -2.19. The molecule has 3 aromatic carbocycles. The maximum Gasteiger partial charge on any atom is 0.255 e. The van der Waals surface area contributed by atoms with Gasteiger partial charge in [0.2, 0.25) is 5.91 Å². The maximum atomic E-state index is 12.7. The summed E-state index contributed by atoms with van der Waals surface area (Å²) in [7, 11) is 0. The lowest BCUT2D eigenvalue weighted by Gasteiger charge is -2.14. The fourth-order valence-corrected chi connectivity index (χ4v) is 3.46. The van der Waals surface area contributed by atoms with Crippen molar-refractivity contribution in [2.24, 2.45) is 5.92 Å². The Kier molecular flexibility index (Phi) is 7.48. The largest absolute Gasteiger partial charge is 0.326 e. The third-order valence-electron chi connectivity index (χ3n) is 5.05. The molecule has 0 fully saturated rings. The second-order valence-electron chi connectivity index (χ2n) is 8.06. The summed E-state index contributed by atoms with van der Waals surface area (Å²) in [6.07, 6.45) is 1.03. The first-order chi connectivity index (χ1) is 14.8. The van der Waals surface area contributed by atoms with Gasteiger partial charge in [-0.1, -0.05) is 61.8 Å². The molecule has 5 heteroatoms. The minimum Gasteiger partial charge on any atom is -0.326 e. The van der Waals surface area contributed by atoms with Gasteiger partial charge in [-0.15, -0.1) is 0 Å². The van der Waals surface area contributed by atoms with Gasteiger partial charge in [0.05, 0.1) is 16.6 Å². The molecule has 0 spiro atoms. The number of benzene rings is 3. The van der Waals surface area contributed by atoms with Crippen LogP contribution >= 0.6 is 11.6 Å². The van der Waals surface area contributed by atoms with Crippen LogP contribution in [-0.4, -0.2) is 11.8 Å². The number of halogens is 1. The summed E-state index contributed by atoms with van der Waals surface area (Å²) in [4.78, 5) is 25.1. The first kappa shape index (κ1) is 22.6. The normalized spacial score (nSPS) is 11.8. The van der Waals surface area contributed by atoms with Gasteiger partial charge < -0.3 is 10.6 Å². The monoisotopic (exact) mass is 434 g/mol. The summed E-state index contributed by atoms with van der Waals surface area (Å²) in [5.74, 6) is -0.0386. The molecule has 0 heterocycles. The zero-order valence-corrected chi connectivity index (χ0v) is 18.7. The molecular formula is C26H27ClN2O2. The zero-order valence-electron chi connectivity index (χ0n) is 18.0. The average molecular weight is 435 g/mol. The molecule has 0 aliphatic rings. The molecular weight excluding hydrogens is 408 g/mol. The van der Waals surface area contributed by atoms with Gasteiger partial charge in [0, 0.05) is 11.3 Å². The van der Waals surface area contributed by atoms with Crippen LogP contribution in [0.4, 0.5) is 11.4 Å². The fourth-order valence-electron chi connectivity index (χ4n) is 3.28. The molecule has 0 aromatic heterocycles. The molecule has 160 valence electrons. The molecule has 0 aliphatic carbocycles. The highest BCUT2D eigenvalue weighted by molar-refractivity contribution is 6.33. The first-order valence-electron chi connectivity index (χ1n) is 10.4. The summed E-state index contributed by atoms with van der Waals surface area (Å²) in [5, 5.41) is 6.18. The Bertz CT molecular complexity index is 1040. The summed E-state index contributed by atoms with van der Waals surface area (Å²) < 4.78 is 0. The van der Waals surface area contributed by atoms with E-state index < -0.39 is 0 Å². The van der Waals surface area contributed by atoms with Crippen molar-refractivity contribution < 1.29 is 9.59 Å². The molecule has 0 saturated carbocycles. The van der Waals surface area contributed by atoms with Crippen molar-refractivity contribution in [2.75, 3.05) is 10.6 Å². The number of rotatable bonds is 7. The molecule has 3 rings (SSSR count). The van der Waals surface area contributed by atoms with Gasteiger partial charge in [0.25, 0.3) is 5.91 Å². The highest BCUT2D eigenvalue weighted by atomic mass is 35.5. The van der Waals surface area contributed by atoms with Gasteiger partial charge in [-0.2, -0.15) is 0 Å². The predicted octanol–water partition coefficient (Wildman–Crippen LogP) is 6.53. The molecule has 3 aromatic rings. The second-order valence-corrected chi connectivity index (χ2v) is 8.47. The smallest absolute Gasteiger partial charge is 0.255 e. The average Bonchev–Trinajstić information content (AvgIpc) is 2.75. The topological polar surface area (TPSA) is 58.2 Å². The van der Waals surface area contributed by atoms with E-state index in [-0.39, 0.29) is 17.7 Å². The van der Waals surface area contributed by atoms with Crippen molar-refractivity contribution in [3.8, 4) is 0 Å². The number of amides is 2. The number of carbonyl (C=O) groups is 2. The molecule has 1 atom stereocenters. The lowest BCUT2D eigenvalue weighted by atomic mass is 9.96. The number of hydrogen-bond acceptors (Lipinski definition) is 2. The third-order valence-corrected chi connectivity index (χ3v) is 5.38. The van der Waals surface area contributed by atoms with Crippen molar-refractivity contribution in [3.63, 3.8) is 0 Å². The summed E-state index contributed by atoms with van der Waals surface area (Å²) in [6.45, 7) is 6.27. The number of nitrogens with one attached hydrogen (secondary N) is 2. The van der Waals surface area contributed by atoms with Crippen LogP contribution in [0.3, 0.4) is 0 Å². The van der Waals surface area contributed by atoms with E-state index in [1.54, 1.807) is 48.5 Å². The summed E-state index contributed by atoms with van der Waals surface area (Å²) >= 11 is 6.09. The SMILES string of the molecule is CC(C)Cc1ccc(C(C)C(=O)Nc2ccc(C(=O)Nc3ccccc3Cl)cc2)cc1. The van der Waals surface area contributed by atoms with Gasteiger partial charge in [0.1, 0.15) is 0 Å². The number of hydrogen-bond donors (Lipinski definition) is 2. The van der Waals surface area contributed by atoms with E-state index in [1.165, 1.54) is 5.56 Å². The van der Waals surface area contributed by atoms with Gasteiger partial charge >= 0.3 is 0 Å². The van der Waals surface area contributed by atoms with E-state index in [2.05, 4.69) is 36.6 Å². The van der Waals surface area contributed by atoms with Crippen molar-refractivity contribution in [1.82, 2.24) is 0 Å². The van der Waals surface area contributed by atoms with Crippen LogP contribution in [0.15, 0.2) is 72.8 Å². The summed E-state index contributed by atoms with van der Waals surface area (Å²) in [6, 6.07) is 22.1. The van der Waals surface area contributed by atoms with Gasteiger partial charge in [-0.25, -0.2) is 0 Å². The van der Waals surface area contributed by atoms with Crippen molar-refractivity contribution in [1.29, 1.82) is 0 Å². The molecule has 31 heavy (non-hydrogen) atoms. The maximum absolute atomic E-state index is 12.7. The van der Waals surface area contributed by atoms with E-state index in [9.17, 15) is 9.59 Å². The van der Waals surface area contributed by atoms with Crippen molar-refractivity contribution in [3.05, 3.63) is 94.5 Å². The quantitative estimate of drug-likeness (QED) is 0.444. The first-order valence-corrected chi connectivity index (χ1v) is 10.8. The summed E-state index contributed by atoms with van der Waals surface area (Å²) in [5.41, 5.74) is 3.92. The Morgan fingerprint density at radius 2 is 1.48 bits per heavy atom. The molecule has 0 aliphatic heterocycles. The molecule has 1 unspecified atom stereocenters. The Hall–Kier alpha value is -3.11. The standard InChI is InChI=1S/C26H27ClN2O2/c1-17(2)16-19-8-10-20(11-9-19)18(3)25(30)28-22-14-12-21(13-15-22)26(31)29-24-7-5-4-6-23(24)27/h4-15,17-18H,16H2,1-3H3,(H,28,30)(H,29,31). The van der Waals surface area contributed by atoms with Crippen LogP contribution in [0.2, 0.25) is 5.02 Å². The molecule has 0 radical (unpaired) electrons. The van der Waals surface area contributed by atoms with E-state index in [4.69, 9.17) is 11.6 Å². The van der Waals surface area contributed by atoms with Crippen LogP contribution in [0.25, 0.3) is 0 Å². The van der Waals surface area contributed by atoms with Crippen molar-refractivity contribution in [2.45, 2.75) is 33.1 Å². The van der Waals surface area contributed by atoms with Gasteiger partial charge in [-0.3, -0.25) is 9.59 Å². The Morgan fingerprint density at radius 1 is 0.839 bits per heavy atom. The molecule has 2 N–H and O–H groups in total. The van der Waals surface area contributed by atoms with Crippen molar-refractivity contribution >= 4 is 34.8 Å². The number of para-hydroxylation sites is 1. The molecule has 2 amide bonds. The molecule has 0 bridgehead atoms. The van der Waals surface area contributed by atoms with Gasteiger partial charge in [0.15, 0.2) is 0 Å². The highest BCUT2D eigenvalue weighted by Gasteiger charge is 2.16. The number of carbonyl (C=O) groups excluding carboxylic acids is 2. The van der Waals surface area contributed by atoms with Crippen LogP contribution in [-0.2, 0) is 11.2 Å². The minimum atomic E-state index is -0.281. The lowest BCUT2D eigenvalue weighted by molar-refractivity contribution is -0.117. The number of anilines is 2. The Balaban J connectivity index is 1.60. The van der Waals surface area contributed by atoms with Crippen LogP contribution < -0.4 is 10.6 Å². The van der Waals surface area contributed by atoms with Crippen LogP contribution in [0, 0.1) is 5.92 Å². The van der Waals surface area contributed by atoms with E-state index in [0.717, 1.165) is 12.0 Å². The van der Waals surface area contributed by atoms with Gasteiger partial charge in [-0.05, 0) is 66.8 Å². The van der Waals surface area contributed by atoms with E-state index >= 15 is 0 Å². The fraction of sp³-hybridized carbons (Fsp3) is 0.231.